The smallest absolute Gasteiger partial charge is 0.135 e. The number of rotatable bonds is 6. The normalized spacial score (nSPS) is 11.4. The second kappa shape index (κ2) is 6.78. The summed E-state index contributed by atoms with van der Waals surface area (Å²) in [7, 11) is 3.39. The van der Waals surface area contributed by atoms with Gasteiger partial charge in [-0.1, -0.05) is 0 Å². The van der Waals surface area contributed by atoms with Crippen molar-refractivity contribution in [3.63, 3.8) is 0 Å². The van der Waals surface area contributed by atoms with E-state index in [1.807, 2.05) is 12.1 Å². The fourth-order valence-electron chi connectivity index (χ4n) is 1.42. The molecule has 0 amide bonds. The molecule has 0 aromatic heterocycles. The Kier molecular flexibility index (Phi) is 5.95. The highest BCUT2D eigenvalue weighted by atomic mass is 79.9. The van der Waals surface area contributed by atoms with Crippen molar-refractivity contribution in [3.05, 3.63) is 21.1 Å². The van der Waals surface area contributed by atoms with Gasteiger partial charge in [-0.2, -0.15) is 0 Å². The third kappa shape index (κ3) is 4.44. The Morgan fingerprint density at radius 3 is 2.39 bits per heavy atom. The zero-order chi connectivity index (χ0) is 13.8. The van der Waals surface area contributed by atoms with Crippen molar-refractivity contribution < 1.29 is 9.47 Å². The number of hydrogen-bond donors (Lipinski definition) is 1. The molecule has 5 heteroatoms. The molecule has 0 fully saturated rings. The Morgan fingerprint density at radius 1 is 1.17 bits per heavy atom. The molecule has 3 nitrogen and oxygen atoms in total. The first-order valence-corrected chi connectivity index (χ1v) is 7.30. The van der Waals surface area contributed by atoms with E-state index in [-0.39, 0.29) is 5.60 Å². The number of anilines is 1. The molecule has 1 aromatic carbocycles. The first-order chi connectivity index (χ1) is 8.39. The van der Waals surface area contributed by atoms with E-state index in [9.17, 15) is 0 Å². The minimum absolute atomic E-state index is 0.112. The zero-order valence-electron chi connectivity index (χ0n) is 11.1. The van der Waals surface area contributed by atoms with Crippen LogP contribution in [-0.2, 0) is 4.74 Å². The third-order valence-electron chi connectivity index (χ3n) is 2.84. The monoisotopic (exact) mass is 379 g/mol. The maximum Gasteiger partial charge on any atom is 0.135 e. The van der Waals surface area contributed by atoms with Crippen molar-refractivity contribution in [3.8, 4) is 5.75 Å². The van der Waals surface area contributed by atoms with Gasteiger partial charge in [-0.25, -0.2) is 0 Å². The SMILES string of the molecule is COc1cc(NCCC(C)(C)OC)c(Br)cc1Br. The van der Waals surface area contributed by atoms with Crippen LogP contribution in [0.4, 0.5) is 5.69 Å². The molecule has 18 heavy (non-hydrogen) atoms. The quantitative estimate of drug-likeness (QED) is 0.790. The van der Waals surface area contributed by atoms with Crippen molar-refractivity contribution in [2.24, 2.45) is 0 Å². The van der Waals surface area contributed by atoms with Crippen LogP contribution in [0, 0.1) is 0 Å². The van der Waals surface area contributed by atoms with Gasteiger partial charge in [0.15, 0.2) is 0 Å². The minimum Gasteiger partial charge on any atom is -0.495 e. The Hall–Kier alpha value is -0.260. The lowest BCUT2D eigenvalue weighted by Gasteiger charge is -2.23. The van der Waals surface area contributed by atoms with Crippen LogP contribution in [0.2, 0.25) is 0 Å². The highest BCUT2D eigenvalue weighted by Crippen LogP contribution is 2.34. The fraction of sp³-hybridized carbons (Fsp3) is 0.538. The van der Waals surface area contributed by atoms with Crippen LogP contribution in [0.1, 0.15) is 20.3 Å². The Morgan fingerprint density at radius 2 is 1.83 bits per heavy atom. The van der Waals surface area contributed by atoms with Crippen molar-refractivity contribution >= 4 is 37.5 Å². The minimum atomic E-state index is -0.112. The Bertz CT molecular complexity index is 408. The Labute approximate surface area is 125 Å². The average Bonchev–Trinajstić information content (AvgIpc) is 2.32. The van der Waals surface area contributed by atoms with Gasteiger partial charge >= 0.3 is 0 Å². The van der Waals surface area contributed by atoms with E-state index in [1.54, 1.807) is 14.2 Å². The fourth-order valence-corrected chi connectivity index (χ4v) is 2.72. The third-order valence-corrected chi connectivity index (χ3v) is 4.11. The summed E-state index contributed by atoms with van der Waals surface area (Å²) < 4.78 is 12.6. The molecule has 102 valence electrons. The molecule has 0 bridgehead atoms. The predicted molar refractivity (Wildman–Crippen MR) is 82.6 cm³/mol. The van der Waals surface area contributed by atoms with Gasteiger partial charge in [-0.05, 0) is 58.2 Å². The van der Waals surface area contributed by atoms with E-state index in [2.05, 4.69) is 51.0 Å². The van der Waals surface area contributed by atoms with E-state index < -0.39 is 0 Å². The summed E-state index contributed by atoms with van der Waals surface area (Å²) >= 11 is 6.98. The van der Waals surface area contributed by atoms with E-state index >= 15 is 0 Å². The van der Waals surface area contributed by atoms with Crippen LogP contribution in [0.5, 0.6) is 5.75 Å². The van der Waals surface area contributed by atoms with E-state index in [0.29, 0.717) is 0 Å². The lowest BCUT2D eigenvalue weighted by molar-refractivity contribution is 0.0185. The standard InChI is InChI=1S/C13H19Br2NO2/c1-13(2,18-4)5-6-16-11-8-12(17-3)10(15)7-9(11)14/h7-8,16H,5-6H2,1-4H3. The zero-order valence-corrected chi connectivity index (χ0v) is 14.3. The molecule has 0 radical (unpaired) electrons. The van der Waals surface area contributed by atoms with Gasteiger partial charge < -0.3 is 14.8 Å². The molecule has 0 aliphatic heterocycles. The number of hydrogen-bond acceptors (Lipinski definition) is 3. The number of benzene rings is 1. The van der Waals surface area contributed by atoms with Crippen LogP contribution < -0.4 is 10.1 Å². The number of methoxy groups -OCH3 is 2. The number of ether oxygens (including phenoxy) is 2. The summed E-state index contributed by atoms with van der Waals surface area (Å²) in [5.74, 6) is 0.812. The lowest BCUT2D eigenvalue weighted by atomic mass is 10.1. The maximum atomic E-state index is 5.39. The summed E-state index contributed by atoms with van der Waals surface area (Å²) in [4.78, 5) is 0. The molecule has 0 spiro atoms. The van der Waals surface area contributed by atoms with Gasteiger partial charge in [0.1, 0.15) is 5.75 Å². The molecule has 0 saturated carbocycles. The number of nitrogens with one attached hydrogen (secondary N) is 1. The molecule has 1 N–H and O–H groups in total. The molecular formula is C13H19Br2NO2. The van der Waals surface area contributed by atoms with Crippen LogP contribution >= 0.6 is 31.9 Å². The molecule has 0 aliphatic carbocycles. The summed E-state index contributed by atoms with van der Waals surface area (Å²) in [6.07, 6.45) is 0.925. The molecule has 0 aliphatic rings. The maximum absolute atomic E-state index is 5.39. The number of halogens is 2. The summed E-state index contributed by atoms with van der Waals surface area (Å²) in [5.41, 5.74) is 0.904. The van der Waals surface area contributed by atoms with Crippen LogP contribution in [-0.4, -0.2) is 26.4 Å². The van der Waals surface area contributed by atoms with E-state index in [1.165, 1.54) is 0 Å². The Balaban J connectivity index is 2.68. The lowest BCUT2D eigenvalue weighted by Crippen LogP contribution is -2.25. The van der Waals surface area contributed by atoms with Crippen molar-refractivity contribution in [2.75, 3.05) is 26.1 Å². The largest absolute Gasteiger partial charge is 0.495 e. The summed E-state index contributed by atoms with van der Waals surface area (Å²) in [6.45, 7) is 4.99. The predicted octanol–water partition coefficient (Wildman–Crippen LogP) is 4.45. The van der Waals surface area contributed by atoms with Crippen molar-refractivity contribution in [2.45, 2.75) is 25.9 Å². The molecule has 0 heterocycles. The molecule has 0 atom stereocenters. The molecule has 0 saturated heterocycles. The van der Waals surface area contributed by atoms with Crippen LogP contribution in [0.15, 0.2) is 21.1 Å². The van der Waals surface area contributed by atoms with E-state index in [0.717, 1.165) is 33.3 Å². The van der Waals surface area contributed by atoms with Gasteiger partial charge in [0.05, 0.1) is 22.9 Å². The summed E-state index contributed by atoms with van der Waals surface area (Å²) in [6, 6.07) is 3.94. The van der Waals surface area contributed by atoms with Gasteiger partial charge in [0.2, 0.25) is 0 Å². The van der Waals surface area contributed by atoms with Crippen LogP contribution in [0.25, 0.3) is 0 Å². The van der Waals surface area contributed by atoms with Gasteiger partial charge in [0, 0.05) is 24.2 Å². The van der Waals surface area contributed by atoms with Gasteiger partial charge in [-0.15, -0.1) is 0 Å². The first kappa shape index (κ1) is 15.8. The highest BCUT2D eigenvalue weighted by Gasteiger charge is 2.15. The second-order valence-electron chi connectivity index (χ2n) is 4.61. The van der Waals surface area contributed by atoms with Crippen molar-refractivity contribution in [1.29, 1.82) is 0 Å². The highest BCUT2D eigenvalue weighted by molar-refractivity contribution is 9.11. The van der Waals surface area contributed by atoms with Gasteiger partial charge in [0.25, 0.3) is 0 Å². The van der Waals surface area contributed by atoms with E-state index in [4.69, 9.17) is 9.47 Å². The first-order valence-electron chi connectivity index (χ1n) is 5.71. The summed E-state index contributed by atoms with van der Waals surface area (Å²) in [5, 5.41) is 3.38. The average molecular weight is 381 g/mol. The molecular weight excluding hydrogens is 362 g/mol. The van der Waals surface area contributed by atoms with Crippen LogP contribution in [0.3, 0.4) is 0 Å². The second-order valence-corrected chi connectivity index (χ2v) is 6.32. The molecule has 1 rings (SSSR count). The topological polar surface area (TPSA) is 30.5 Å². The molecule has 0 unspecified atom stereocenters. The van der Waals surface area contributed by atoms with Gasteiger partial charge in [-0.3, -0.25) is 0 Å². The van der Waals surface area contributed by atoms with Crippen molar-refractivity contribution in [1.82, 2.24) is 0 Å². The molecule has 1 aromatic rings.